The lowest BCUT2D eigenvalue weighted by atomic mass is 10.1. The Kier molecular flexibility index (Phi) is 15.8. The maximum atomic E-state index is 13.6. The van der Waals surface area contributed by atoms with Crippen LogP contribution in [0.5, 0.6) is 0 Å². The van der Waals surface area contributed by atoms with Crippen molar-refractivity contribution < 1.29 is 41.8 Å². The summed E-state index contributed by atoms with van der Waals surface area (Å²) in [5, 5.41) is 35.1. The summed E-state index contributed by atoms with van der Waals surface area (Å²) in [6.45, 7) is 7.11. The van der Waals surface area contributed by atoms with Crippen LogP contribution in [0.25, 0.3) is 11.0 Å². The maximum Gasteiger partial charge on any atom is 0.306 e. The molecule has 326 valence electrons. The van der Waals surface area contributed by atoms with Gasteiger partial charge in [0.15, 0.2) is 5.52 Å². The summed E-state index contributed by atoms with van der Waals surface area (Å²) < 4.78 is 44.8. The Morgan fingerprint density at radius 3 is 2.38 bits per heavy atom. The van der Waals surface area contributed by atoms with Crippen molar-refractivity contribution in [1.29, 1.82) is 0 Å². The van der Waals surface area contributed by atoms with Crippen LogP contribution in [0.1, 0.15) is 92.1 Å². The van der Waals surface area contributed by atoms with Crippen molar-refractivity contribution >= 4 is 50.2 Å². The standard InChI is InChI=1S/C39H48N10O11S/c1-39(2,3)59-34(51)13-8-6-4-5-7-9-18-41-38(53)28-14-17-33(50)48(25-28)61(56,57)30-12-10-11-27(23-30)37(52)42-24-29-26-47(46-43-29)20-22-58-21-19-40-31-15-16-32(49(54)55)36-35(31)44-60-45-36/h10-12,14-17,23,25-26,40H,4-9,13,18-22,24H2,1-3H3,(H,41,53)(H,42,52). The van der Waals surface area contributed by atoms with Gasteiger partial charge in [-0.1, -0.05) is 37.0 Å². The number of hydrogen-bond acceptors (Lipinski definition) is 16. The van der Waals surface area contributed by atoms with Gasteiger partial charge in [-0.3, -0.25) is 29.3 Å². The van der Waals surface area contributed by atoms with E-state index in [-0.39, 0.29) is 58.5 Å². The lowest BCUT2D eigenvalue weighted by Gasteiger charge is -2.19. The third-order valence-corrected chi connectivity index (χ3v) is 10.6. The molecule has 3 N–H and O–H groups in total. The van der Waals surface area contributed by atoms with E-state index in [0.717, 1.165) is 50.4 Å². The van der Waals surface area contributed by atoms with E-state index in [1.165, 1.54) is 41.1 Å². The number of anilines is 1. The smallest absolute Gasteiger partial charge is 0.306 e. The summed E-state index contributed by atoms with van der Waals surface area (Å²) in [6, 6.07) is 10.2. The molecular weight excluding hydrogens is 817 g/mol. The summed E-state index contributed by atoms with van der Waals surface area (Å²) in [4.78, 5) is 60.7. The molecule has 0 saturated heterocycles. The second kappa shape index (κ2) is 21.1. The summed E-state index contributed by atoms with van der Waals surface area (Å²) in [5.74, 6) is -1.35. The molecule has 21 nitrogen and oxygen atoms in total. The Labute approximate surface area is 350 Å². The van der Waals surface area contributed by atoms with Crippen LogP contribution in [0.2, 0.25) is 0 Å². The summed E-state index contributed by atoms with van der Waals surface area (Å²) >= 11 is 0. The highest BCUT2D eigenvalue weighted by atomic mass is 32.2. The number of benzene rings is 2. The van der Waals surface area contributed by atoms with Crippen LogP contribution >= 0.6 is 0 Å². The maximum absolute atomic E-state index is 13.6. The summed E-state index contributed by atoms with van der Waals surface area (Å²) in [5.41, 5.74) is -0.403. The molecule has 3 heterocycles. The quantitative estimate of drug-likeness (QED) is 0.0362. The van der Waals surface area contributed by atoms with Gasteiger partial charge < -0.3 is 25.4 Å². The first kappa shape index (κ1) is 45.5. The molecule has 0 radical (unpaired) electrons. The van der Waals surface area contributed by atoms with E-state index >= 15 is 0 Å². The number of nitro groups is 1. The number of aromatic nitrogens is 6. The van der Waals surface area contributed by atoms with Gasteiger partial charge >= 0.3 is 11.7 Å². The zero-order valence-electron chi connectivity index (χ0n) is 34.0. The molecule has 3 aromatic heterocycles. The minimum atomic E-state index is -4.50. The minimum absolute atomic E-state index is 0.00902. The molecule has 0 aliphatic heterocycles. The fourth-order valence-corrected chi connectivity index (χ4v) is 7.27. The first-order valence-electron chi connectivity index (χ1n) is 19.6. The van der Waals surface area contributed by atoms with Crippen molar-refractivity contribution in [1.82, 2.24) is 39.9 Å². The van der Waals surface area contributed by atoms with Gasteiger partial charge in [0.25, 0.3) is 27.4 Å². The number of nitrogens with zero attached hydrogens (tertiary/aromatic N) is 7. The average molecular weight is 865 g/mol. The van der Waals surface area contributed by atoms with Gasteiger partial charge in [0.05, 0.1) is 53.6 Å². The molecule has 0 bridgehead atoms. The van der Waals surface area contributed by atoms with E-state index in [9.17, 15) is 37.7 Å². The number of amides is 2. The summed E-state index contributed by atoms with van der Waals surface area (Å²) in [6.07, 6.45) is 8.01. The molecule has 0 unspecified atom stereocenters. The number of carbonyl (C=O) groups excluding carboxylic acids is 3. The molecule has 2 aromatic carbocycles. The van der Waals surface area contributed by atoms with Crippen LogP contribution in [0.3, 0.4) is 0 Å². The van der Waals surface area contributed by atoms with Crippen LogP contribution in [0.4, 0.5) is 11.4 Å². The second-order valence-electron chi connectivity index (χ2n) is 14.8. The molecular formula is C39H48N10O11S. The third-order valence-electron chi connectivity index (χ3n) is 8.94. The third kappa shape index (κ3) is 13.2. The van der Waals surface area contributed by atoms with E-state index in [4.69, 9.17) is 9.47 Å². The van der Waals surface area contributed by atoms with Crippen molar-refractivity contribution in [2.75, 3.05) is 31.6 Å². The van der Waals surface area contributed by atoms with Crippen molar-refractivity contribution in [3.8, 4) is 0 Å². The van der Waals surface area contributed by atoms with Gasteiger partial charge in [0.1, 0.15) is 11.3 Å². The SMILES string of the molecule is CC(C)(C)OC(=O)CCCCCCCCNC(=O)c1ccc(=O)n(S(=O)(=O)c2cccc(C(=O)NCc3cn(CCOCCNc4ccc([N+](=O)[O-])c5nonc45)nn3)c2)c1. The lowest BCUT2D eigenvalue weighted by Crippen LogP contribution is -2.30. The fourth-order valence-electron chi connectivity index (χ4n) is 5.96. The van der Waals surface area contributed by atoms with E-state index in [1.54, 1.807) is 6.20 Å². The van der Waals surface area contributed by atoms with Crippen LogP contribution in [0.15, 0.2) is 75.2 Å². The average Bonchev–Trinajstić information content (AvgIpc) is 3.90. The lowest BCUT2D eigenvalue weighted by molar-refractivity contribution is -0.383. The Hall–Kier alpha value is -6.55. The van der Waals surface area contributed by atoms with Crippen LogP contribution in [-0.2, 0) is 37.4 Å². The minimum Gasteiger partial charge on any atom is -0.460 e. The Balaban J connectivity index is 1.03. The highest BCUT2D eigenvalue weighted by Gasteiger charge is 2.23. The molecule has 0 spiro atoms. The Morgan fingerprint density at radius 1 is 0.869 bits per heavy atom. The summed E-state index contributed by atoms with van der Waals surface area (Å²) in [7, 11) is -4.50. The first-order valence-corrected chi connectivity index (χ1v) is 21.0. The number of nitrogens with one attached hydrogen (secondary N) is 3. The number of ether oxygens (including phenoxy) is 2. The number of non-ortho nitro benzene ring substituents is 1. The highest BCUT2D eigenvalue weighted by molar-refractivity contribution is 7.90. The number of fused-ring (bicyclic) bond motifs is 1. The molecule has 0 atom stereocenters. The monoisotopic (exact) mass is 864 g/mol. The predicted molar refractivity (Wildman–Crippen MR) is 219 cm³/mol. The van der Waals surface area contributed by atoms with Gasteiger partial charge in [0.2, 0.25) is 5.52 Å². The number of hydrogen-bond donors (Lipinski definition) is 3. The van der Waals surface area contributed by atoms with Crippen molar-refractivity contribution in [2.24, 2.45) is 0 Å². The molecule has 2 amide bonds. The Bertz CT molecular complexity index is 2490. The predicted octanol–water partition coefficient (Wildman–Crippen LogP) is 3.98. The Morgan fingerprint density at radius 2 is 1.61 bits per heavy atom. The van der Waals surface area contributed by atoms with Crippen molar-refractivity contribution in [3.63, 3.8) is 0 Å². The van der Waals surface area contributed by atoms with E-state index < -0.39 is 37.9 Å². The highest BCUT2D eigenvalue weighted by Crippen LogP contribution is 2.28. The van der Waals surface area contributed by atoms with E-state index in [1.807, 2.05) is 20.8 Å². The number of esters is 1. The number of nitro benzene ring substituents is 1. The molecule has 5 rings (SSSR count). The normalized spacial score (nSPS) is 11.7. The van der Waals surface area contributed by atoms with Crippen LogP contribution < -0.4 is 21.5 Å². The van der Waals surface area contributed by atoms with Gasteiger partial charge in [-0.05, 0) is 74.3 Å². The number of pyridine rings is 1. The first-order chi connectivity index (χ1) is 29.1. The number of rotatable bonds is 23. The largest absolute Gasteiger partial charge is 0.460 e. The molecule has 5 aromatic rings. The van der Waals surface area contributed by atoms with Crippen molar-refractivity contribution in [3.05, 3.63) is 98.2 Å². The molecule has 22 heteroatoms. The van der Waals surface area contributed by atoms with E-state index in [2.05, 4.69) is 41.2 Å². The molecule has 0 aliphatic carbocycles. The van der Waals surface area contributed by atoms with E-state index in [0.29, 0.717) is 47.8 Å². The van der Waals surface area contributed by atoms with Gasteiger partial charge in [-0.25, -0.2) is 21.7 Å². The number of unbranched alkanes of at least 4 members (excludes halogenated alkanes) is 5. The topological polar surface area (TPSA) is 275 Å². The fraction of sp³-hybridized carbons (Fsp3) is 0.436. The molecule has 0 aliphatic rings. The molecule has 0 saturated carbocycles. The van der Waals surface area contributed by atoms with Gasteiger partial charge in [-0.2, -0.15) is 0 Å². The van der Waals surface area contributed by atoms with Crippen LogP contribution in [0, 0.1) is 10.1 Å². The molecule has 61 heavy (non-hydrogen) atoms. The van der Waals surface area contributed by atoms with Crippen LogP contribution in [-0.4, -0.2) is 92.3 Å². The number of carbonyl (C=O) groups is 3. The zero-order valence-corrected chi connectivity index (χ0v) is 34.8. The zero-order chi connectivity index (χ0) is 44.0. The van der Waals surface area contributed by atoms with Gasteiger partial charge in [-0.15, -0.1) is 5.10 Å². The van der Waals surface area contributed by atoms with Gasteiger partial charge in [0, 0.05) is 43.4 Å². The second-order valence-corrected chi connectivity index (χ2v) is 16.7. The van der Waals surface area contributed by atoms with Crippen molar-refractivity contribution in [2.45, 2.75) is 89.3 Å². The molecule has 0 fully saturated rings.